The van der Waals surface area contributed by atoms with Crippen LogP contribution in [-0.4, -0.2) is 38.0 Å². The van der Waals surface area contributed by atoms with E-state index in [1.54, 1.807) is 4.88 Å². The fourth-order valence-electron chi connectivity index (χ4n) is 3.69. The number of thiophene rings is 1. The van der Waals surface area contributed by atoms with E-state index in [4.69, 9.17) is 0 Å². The number of nitrogens with zero attached hydrogens (tertiary/aromatic N) is 2. The Morgan fingerprint density at radius 3 is 2.45 bits per heavy atom. The summed E-state index contributed by atoms with van der Waals surface area (Å²) >= 11 is 2.00. The highest BCUT2D eigenvalue weighted by Gasteiger charge is 2.28. The molecule has 0 unspecified atom stereocenters. The van der Waals surface area contributed by atoms with Gasteiger partial charge in [0.15, 0.2) is 0 Å². The van der Waals surface area contributed by atoms with Crippen molar-refractivity contribution in [2.45, 2.75) is 57.8 Å². The molecule has 1 aliphatic heterocycles. The van der Waals surface area contributed by atoms with Gasteiger partial charge >= 0.3 is 0 Å². The van der Waals surface area contributed by atoms with Crippen molar-refractivity contribution in [1.29, 1.82) is 0 Å². The zero-order chi connectivity index (χ0) is 15.5. The topological polar surface area (TPSA) is 23.6 Å². The first-order valence-corrected chi connectivity index (χ1v) is 9.57. The van der Waals surface area contributed by atoms with Crippen molar-refractivity contribution in [2.75, 3.05) is 32.1 Å². The zero-order valence-corrected chi connectivity index (χ0v) is 14.8. The maximum absolute atomic E-state index is 12.7. The third-order valence-corrected chi connectivity index (χ3v) is 6.16. The van der Waals surface area contributed by atoms with Crippen molar-refractivity contribution in [1.82, 2.24) is 4.90 Å². The highest BCUT2D eigenvalue weighted by molar-refractivity contribution is 7.12. The van der Waals surface area contributed by atoms with Gasteiger partial charge in [-0.2, -0.15) is 0 Å². The molecule has 1 amide bonds. The molecule has 2 heterocycles. The SMILES string of the molecule is CN(C)CCCN1C(=O)CCCCc2sc3c(c21)CCCC3. The summed E-state index contributed by atoms with van der Waals surface area (Å²) in [4.78, 5) is 20.1. The Labute approximate surface area is 138 Å². The number of carbonyl (C=O) groups is 1. The van der Waals surface area contributed by atoms with E-state index < -0.39 is 0 Å². The van der Waals surface area contributed by atoms with Gasteiger partial charge in [0.05, 0.1) is 5.69 Å². The first-order valence-electron chi connectivity index (χ1n) is 8.75. The number of anilines is 1. The lowest BCUT2D eigenvalue weighted by Gasteiger charge is -2.28. The third-order valence-electron chi connectivity index (χ3n) is 4.82. The molecule has 0 bridgehead atoms. The fourth-order valence-corrected chi connectivity index (χ4v) is 5.13. The summed E-state index contributed by atoms with van der Waals surface area (Å²) in [6.45, 7) is 1.93. The average Bonchev–Trinajstić information content (AvgIpc) is 2.84. The van der Waals surface area contributed by atoms with Crippen LogP contribution < -0.4 is 4.90 Å². The molecule has 0 N–H and O–H groups in total. The Bertz CT molecular complexity index is 535. The van der Waals surface area contributed by atoms with Crippen LogP contribution in [0, 0.1) is 0 Å². The number of carbonyl (C=O) groups excluding carboxylic acids is 1. The molecule has 0 radical (unpaired) electrons. The quantitative estimate of drug-likeness (QED) is 0.845. The lowest BCUT2D eigenvalue weighted by atomic mass is 9.95. The number of rotatable bonds is 4. The summed E-state index contributed by atoms with van der Waals surface area (Å²) in [6, 6.07) is 0. The van der Waals surface area contributed by atoms with Gasteiger partial charge in [-0.3, -0.25) is 4.79 Å². The van der Waals surface area contributed by atoms with Crippen LogP contribution >= 0.6 is 11.3 Å². The van der Waals surface area contributed by atoms with Crippen LogP contribution in [0.2, 0.25) is 0 Å². The van der Waals surface area contributed by atoms with Crippen LogP contribution in [0.15, 0.2) is 0 Å². The van der Waals surface area contributed by atoms with Gasteiger partial charge in [-0.25, -0.2) is 0 Å². The van der Waals surface area contributed by atoms with E-state index >= 15 is 0 Å². The molecule has 122 valence electrons. The standard InChI is InChI=1S/C18H28N2OS/c1-19(2)12-7-13-20-17(21)11-6-5-10-16-18(20)14-8-3-4-9-15(14)22-16/h3-13H2,1-2H3. The molecule has 0 atom stereocenters. The van der Waals surface area contributed by atoms with Crippen LogP contribution in [-0.2, 0) is 24.1 Å². The Morgan fingerprint density at radius 2 is 1.68 bits per heavy atom. The van der Waals surface area contributed by atoms with E-state index in [0.29, 0.717) is 5.91 Å². The van der Waals surface area contributed by atoms with E-state index in [1.807, 2.05) is 11.3 Å². The predicted octanol–water partition coefficient (Wildman–Crippen LogP) is 3.64. The Kier molecular flexibility index (Phi) is 5.19. The van der Waals surface area contributed by atoms with Crippen LogP contribution in [0.4, 0.5) is 5.69 Å². The maximum atomic E-state index is 12.7. The summed E-state index contributed by atoms with van der Waals surface area (Å²) < 4.78 is 0. The number of amides is 1. The molecule has 2 aliphatic rings. The normalized spacial score (nSPS) is 18.9. The van der Waals surface area contributed by atoms with E-state index in [0.717, 1.165) is 32.4 Å². The maximum Gasteiger partial charge on any atom is 0.227 e. The minimum Gasteiger partial charge on any atom is -0.311 e. The van der Waals surface area contributed by atoms with Gasteiger partial charge in [0, 0.05) is 22.7 Å². The molecular weight excluding hydrogens is 292 g/mol. The minimum absolute atomic E-state index is 0.353. The van der Waals surface area contributed by atoms with E-state index in [-0.39, 0.29) is 0 Å². The molecule has 3 rings (SSSR count). The summed E-state index contributed by atoms with van der Waals surface area (Å²) in [5.41, 5.74) is 2.86. The van der Waals surface area contributed by atoms with Crippen molar-refractivity contribution in [3.8, 4) is 0 Å². The van der Waals surface area contributed by atoms with Crippen LogP contribution in [0.1, 0.15) is 53.8 Å². The molecule has 0 fully saturated rings. The van der Waals surface area contributed by atoms with Gasteiger partial charge in [0.1, 0.15) is 0 Å². The first kappa shape index (κ1) is 16.0. The molecule has 1 aromatic heterocycles. The highest BCUT2D eigenvalue weighted by Crippen LogP contribution is 2.42. The molecule has 1 aromatic rings. The van der Waals surface area contributed by atoms with Crippen LogP contribution in [0.3, 0.4) is 0 Å². The Balaban J connectivity index is 1.89. The molecule has 0 saturated carbocycles. The molecule has 1 aliphatic carbocycles. The van der Waals surface area contributed by atoms with Gasteiger partial charge in [-0.1, -0.05) is 0 Å². The largest absolute Gasteiger partial charge is 0.311 e. The summed E-state index contributed by atoms with van der Waals surface area (Å²) in [6.07, 6.45) is 10.2. The molecular formula is C18H28N2OS. The lowest BCUT2D eigenvalue weighted by molar-refractivity contribution is -0.118. The van der Waals surface area contributed by atoms with Gasteiger partial charge in [0.25, 0.3) is 0 Å². The number of hydrogen-bond acceptors (Lipinski definition) is 3. The molecule has 0 spiro atoms. The van der Waals surface area contributed by atoms with E-state index in [9.17, 15) is 4.79 Å². The zero-order valence-electron chi connectivity index (χ0n) is 14.0. The smallest absolute Gasteiger partial charge is 0.227 e. The van der Waals surface area contributed by atoms with E-state index in [2.05, 4.69) is 23.9 Å². The van der Waals surface area contributed by atoms with Crippen molar-refractivity contribution in [3.63, 3.8) is 0 Å². The number of hydrogen-bond donors (Lipinski definition) is 0. The number of fused-ring (bicyclic) bond motifs is 3. The molecule has 22 heavy (non-hydrogen) atoms. The van der Waals surface area contributed by atoms with Crippen molar-refractivity contribution >= 4 is 22.9 Å². The van der Waals surface area contributed by atoms with Crippen LogP contribution in [0.25, 0.3) is 0 Å². The van der Waals surface area contributed by atoms with E-state index in [1.165, 1.54) is 54.7 Å². The predicted molar refractivity (Wildman–Crippen MR) is 94.0 cm³/mol. The van der Waals surface area contributed by atoms with Gasteiger partial charge < -0.3 is 9.80 Å². The molecule has 0 saturated heterocycles. The summed E-state index contributed by atoms with van der Waals surface area (Å²) in [5.74, 6) is 0.353. The van der Waals surface area contributed by atoms with Gasteiger partial charge in [-0.15, -0.1) is 11.3 Å². The van der Waals surface area contributed by atoms with Gasteiger partial charge in [-0.05, 0) is 77.6 Å². The van der Waals surface area contributed by atoms with Crippen molar-refractivity contribution in [3.05, 3.63) is 15.3 Å². The van der Waals surface area contributed by atoms with Crippen LogP contribution in [0.5, 0.6) is 0 Å². The average molecular weight is 321 g/mol. The molecule has 4 heteroatoms. The molecule has 0 aromatic carbocycles. The second kappa shape index (κ2) is 7.14. The second-order valence-electron chi connectivity index (χ2n) is 6.89. The van der Waals surface area contributed by atoms with Gasteiger partial charge in [0.2, 0.25) is 5.91 Å². The summed E-state index contributed by atoms with van der Waals surface area (Å²) in [7, 11) is 4.21. The Hall–Kier alpha value is -0.870. The monoisotopic (exact) mass is 320 g/mol. The Morgan fingerprint density at radius 1 is 1.00 bits per heavy atom. The highest BCUT2D eigenvalue weighted by atomic mass is 32.1. The van der Waals surface area contributed by atoms with Crippen molar-refractivity contribution in [2.24, 2.45) is 0 Å². The van der Waals surface area contributed by atoms with Crippen molar-refractivity contribution < 1.29 is 4.79 Å². The number of aryl methyl sites for hydroxylation is 2. The summed E-state index contributed by atoms with van der Waals surface area (Å²) in [5, 5.41) is 0. The lowest BCUT2D eigenvalue weighted by Crippen LogP contribution is -2.35. The fraction of sp³-hybridized carbons (Fsp3) is 0.722. The minimum atomic E-state index is 0.353. The second-order valence-corrected chi connectivity index (χ2v) is 8.08. The molecule has 3 nitrogen and oxygen atoms in total. The first-order chi connectivity index (χ1) is 10.7. The third kappa shape index (κ3) is 3.38.